The van der Waals surface area contributed by atoms with Gasteiger partial charge in [0.05, 0.1) is 6.21 Å². The van der Waals surface area contributed by atoms with Crippen LogP contribution in [-0.4, -0.2) is 16.7 Å². The van der Waals surface area contributed by atoms with E-state index in [1.807, 2.05) is 38.1 Å². The second kappa shape index (κ2) is 6.65. The van der Waals surface area contributed by atoms with E-state index in [0.29, 0.717) is 6.54 Å². The minimum absolute atomic E-state index is 0.0837. The van der Waals surface area contributed by atoms with Crippen molar-refractivity contribution in [2.24, 2.45) is 5.10 Å². The largest absolute Gasteiger partial charge is 0.315 e. The van der Waals surface area contributed by atoms with Crippen molar-refractivity contribution in [1.29, 1.82) is 0 Å². The van der Waals surface area contributed by atoms with Crippen molar-refractivity contribution in [1.82, 2.24) is 9.99 Å². The first-order valence-electron chi connectivity index (χ1n) is 6.71. The zero-order valence-electron chi connectivity index (χ0n) is 12.0. The molecule has 0 fully saturated rings. The highest BCUT2D eigenvalue weighted by atomic mass is 16.2. The van der Waals surface area contributed by atoms with Gasteiger partial charge in [-0.2, -0.15) is 5.10 Å². The quantitative estimate of drug-likeness (QED) is 0.688. The van der Waals surface area contributed by atoms with Gasteiger partial charge in [-0.15, -0.1) is 0 Å². The second-order valence-electron chi connectivity index (χ2n) is 4.62. The van der Waals surface area contributed by atoms with Crippen molar-refractivity contribution in [3.05, 3.63) is 69.6 Å². The van der Waals surface area contributed by atoms with Crippen LogP contribution < -0.4 is 11.0 Å². The number of aromatic nitrogens is 1. The minimum atomic E-state index is -0.508. The smallest absolute Gasteiger partial charge is 0.276 e. The van der Waals surface area contributed by atoms with Crippen molar-refractivity contribution >= 4 is 12.1 Å². The average Bonchev–Trinajstić information content (AvgIpc) is 2.49. The molecular formula is C16H17N3O2. The Bertz CT molecular complexity index is 715. The van der Waals surface area contributed by atoms with Crippen LogP contribution in [0.25, 0.3) is 0 Å². The summed E-state index contributed by atoms with van der Waals surface area (Å²) in [5, 5.41) is 3.87. The Morgan fingerprint density at radius 1 is 1.29 bits per heavy atom. The zero-order chi connectivity index (χ0) is 15.2. The van der Waals surface area contributed by atoms with Crippen LogP contribution >= 0.6 is 0 Å². The van der Waals surface area contributed by atoms with Crippen LogP contribution in [0.3, 0.4) is 0 Å². The Hall–Kier alpha value is -2.69. The highest BCUT2D eigenvalue weighted by Gasteiger charge is 2.10. The summed E-state index contributed by atoms with van der Waals surface area (Å²) in [7, 11) is 0. The van der Waals surface area contributed by atoms with Crippen molar-refractivity contribution in [2.75, 3.05) is 0 Å². The van der Waals surface area contributed by atoms with Gasteiger partial charge in [0.1, 0.15) is 5.56 Å². The van der Waals surface area contributed by atoms with E-state index < -0.39 is 5.91 Å². The first kappa shape index (κ1) is 14.7. The molecule has 1 N–H and O–H groups in total. The van der Waals surface area contributed by atoms with Gasteiger partial charge in [0.25, 0.3) is 11.5 Å². The lowest BCUT2D eigenvalue weighted by Crippen LogP contribution is -2.30. The van der Waals surface area contributed by atoms with Crippen LogP contribution in [-0.2, 0) is 6.54 Å². The molecule has 2 aromatic rings. The van der Waals surface area contributed by atoms with Gasteiger partial charge < -0.3 is 4.57 Å². The summed E-state index contributed by atoms with van der Waals surface area (Å²) in [6.07, 6.45) is 3.19. The fourth-order valence-corrected chi connectivity index (χ4v) is 1.84. The lowest BCUT2D eigenvalue weighted by atomic mass is 10.2. The molecule has 0 spiro atoms. The highest BCUT2D eigenvalue weighted by Crippen LogP contribution is 2.00. The predicted octanol–water partition coefficient (Wildman–Crippen LogP) is 1.94. The predicted molar refractivity (Wildman–Crippen MR) is 82.6 cm³/mol. The number of hydrogen-bond donors (Lipinski definition) is 1. The summed E-state index contributed by atoms with van der Waals surface area (Å²) >= 11 is 0. The number of aryl methyl sites for hydroxylation is 2. The van der Waals surface area contributed by atoms with E-state index in [2.05, 4.69) is 10.5 Å². The molecule has 2 rings (SSSR count). The minimum Gasteiger partial charge on any atom is -0.315 e. The molecule has 0 aliphatic rings. The Morgan fingerprint density at radius 3 is 2.67 bits per heavy atom. The van der Waals surface area contributed by atoms with Crippen molar-refractivity contribution < 1.29 is 4.79 Å². The molecule has 0 unspecified atom stereocenters. The van der Waals surface area contributed by atoms with Crippen molar-refractivity contribution in [3.63, 3.8) is 0 Å². The molecular weight excluding hydrogens is 266 g/mol. The molecule has 0 atom stereocenters. The van der Waals surface area contributed by atoms with Crippen molar-refractivity contribution in [3.8, 4) is 0 Å². The van der Waals surface area contributed by atoms with E-state index in [4.69, 9.17) is 0 Å². The van der Waals surface area contributed by atoms with E-state index in [1.165, 1.54) is 10.6 Å². The molecule has 0 radical (unpaired) electrons. The Kier molecular flexibility index (Phi) is 4.66. The molecule has 108 valence electrons. The monoisotopic (exact) mass is 283 g/mol. The molecule has 0 bridgehead atoms. The number of amides is 1. The Balaban J connectivity index is 2.08. The number of benzene rings is 1. The number of hydrogen-bond acceptors (Lipinski definition) is 3. The Morgan fingerprint density at radius 2 is 2.00 bits per heavy atom. The third-order valence-corrected chi connectivity index (χ3v) is 3.06. The van der Waals surface area contributed by atoms with Crippen molar-refractivity contribution in [2.45, 2.75) is 20.4 Å². The number of hydrazone groups is 1. The number of nitrogens with zero attached hydrogens (tertiary/aromatic N) is 2. The van der Waals surface area contributed by atoms with Gasteiger partial charge >= 0.3 is 0 Å². The van der Waals surface area contributed by atoms with Crippen LogP contribution in [0.1, 0.15) is 28.4 Å². The van der Waals surface area contributed by atoms with Crippen LogP contribution in [0.5, 0.6) is 0 Å². The molecule has 5 heteroatoms. The molecule has 1 aromatic heterocycles. The van der Waals surface area contributed by atoms with Gasteiger partial charge in [-0.3, -0.25) is 9.59 Å². The molecule has 0 saturated carbocycles. The molecule has 0 aliphatic heterocycles. The molecule has 5 nitrogen and oxygen atoms in total. The summed E-state index contributed by atoms with van der Waals surface area (Å²) in [5.41, 5.74) is 4.17. The van der Waals surface area contributed by atoms with Gasteiger partial charge in [-0.05, 0) is 31.5 Å². The summed E-state index contributed by atoms with van der Waals surface area (Å²) in [6.45, 7) is 4.36. The standard InChI is InChI=1S/C16H17N3O2/c1-3-19-10-4-5-14(16(19)21)15(20)18-17-11-13-8-6-12(2)7-9-13/h4-11H,3H2,1-2H3,(H,18,20)/b17-11-. The maximum Gasteiger partial charge on any atom is 0.276 e. The second-order valence-corrected chi connectivity index (χ2v) is 4.62. The number of rotatable bonds is 4. The van der Waals surface area contributed by atoms with Gasteiger partial charge in [0, 0.05) is 12.7 Å². The van der Waals surface area contributed by atoms with Crippen LogP contribution in [0.15, 0.2) is 52.5 Å². The highest BCUT2D eigenvalue weighted by molar-refractivity contribution is 5.94. The van der Waals surface area contributed by atoms with E-state index >= 15 is 0 Å². The molecule has 1 heterocycles. The zero-order valence-corrected chi connectivity index (χ0v) is 12.0. The summed E-state index contributed by atoms with van der Waals surface area (Å²) in [6, 6.07) is 10.9. The fourth-order valence-electron chi connectivity index (χ4n) is 1.84. The van der Waals surface area contributed by atoms with Gasteiger partial charge in [0.2, 0.25) is 0 Å². The lowest BCUT2D eigenvalue weighted by Gasteiger charge is -2.04. The number of nitrogens with one attached hydrogen (secondary N) is 1. The fraction of sp³-hybridized carbons (Fsp3) is 0.188. The summed E-state index contributed by atoms with van der Waals surface area (Å²) in [4.78, 5) is 23.9. The molecule has 1 aromatic carbocycles. The van der Waals surface area contributed by atoms with E-state index in [-0.39, 0.29) is 11.1 Å². The average molecular weight is 283 g/mol. The SMILES string of the molecule is CCn1cccc(C(=O)N/N=C\c2ccc(C)cc2)c1=O. The maximum absolute atomic E-state index is 12.0. The lowest BCUT2D eigenvalue weighted by molar-refractivity contribution is 0.0953. The third-order valence-electron chi connectivity index (χ3n) is 3.06. The maximum atomic E-state index is 12.0. The van der Waals surface area contributed by atoms with E-state index in [0.717, 1.165) is 11.1 Å². The summed E-state index contributed by atoms with van der Waals surface area (Å²) in [5.74, 6) is -0.508. The Labute approximate surface area is 122 Å². The normalized spacial score (nSPS) is 10.8. The van der Waals surface area contributed by atoms with Crippen LogP contribution in [0, 0.1) is 6.92 Å². The first-order chi connectivity index (χ1) is 10.1. The first-order valence-corrected chi connectivity index (χ1v) is 6.71. The van der Waals surface area contributed by atoms with Gasteiger partial charge in [-0.25, -0.2) is 5.43 Å². The van der Waals surface area contributed by atoms with E-state index in [1.54, 1.807) is 18.5 Å². The summed E-state index contributed by atoms with van der Waals surface area (Å²) < 4.78 is 1.47. The van der Waals surface area contributed by atoms with Crippen LogP contribution in [0.4, 0.5) is 0 Å². The number of carbonyl (C=O) groups excluding carboxylic acids is 1. The van der Waals surface area contributed by atoms with Crippen LogP contribution in [0.2, 0.25) is 0 Å². The molecule has 0 saturated heterocycles. The molecule has 0 aliphatic carbocycles. The topological polar surface area (TPSA) is 63.5 Å². The molecule has 1 amide bonds. The third kappa shape index (κ3) is 3.66. The van der Waals surface area contributed by atoms with E-state index in [9.17, 15) is 9.59 Å². The number of pyridine rings is 1. The molecule has 21 heavy (non-hydrogen) atoms. The van der Waals surface area contributed by atoms with Gasteiger partial charge in [0.15, 0.2) is 0 Å². The van der Waals surface area contributed by atoms with Gasteiger partial charge in [-0.1, -0.05) is 29.8 Å². The number of carbonyl (C=O) groups is 1.